The fourth-order valence-corrected chi connectivity index (χ4v) is 6.39. The topological polar surface area (TPSA) is 82.6 Å². The van der Waals surface area contributed by atoms with E-state index in [1.54, 1.807) is 17.5 Å². The van der Waals surface area contributed by atoms with E-state index in [-0.39, 0.29) is 29.7 Å². The largest absolute Gasteiger partial charge is 0.342 e. The molecule has 33 heavy (non-hydrogen) atoms. The molecule has 174 valence electrons. The number of imide groups is 1. The second-order valence-corrected chi connectivity index (χ2v) is 10.4. The van der Waals surface area contributed by atoms with Gasteiger partial charge in [-0.1, -0.05) is 25.0 Å². The summed E-state index contributed by atoms with van der Waals surface area (Å²) in [5.41, 5.74) is -0.585. The van der Waals surface area contributed by atoms with Gasteiger partial charge in [-0.05, 0) is 55.7 Å². The second kappa shape index (κ2) is 9.25. The summed E-state index contributed by atoms with van der Waals surface area (Å²) >= 11 is 1.63. The van der Waals surface area contributed by atoms with Crippen LogP contribution in [0, 0.1) is 11.8 Å². The number of amides is 4. The Morgan fingerprint density at radius 2 is 1.88 bits per heavy atom. The van der Waals surface area contributed by atoms with Gasteiger partial charge in [-0.2, -0.15) is 0 Å². The van der Waals surface area contributed by atoms with Crippen LogP contribution in [0.3, 0.4) is 0 Å². The third kappa shape index (κ3) is 4.05. The predicted octanol–water partition coefficient (Wildman–Crippen LogP) is 3.56. The van der Waals surface area contributed by atoms with Crippen molar-refractivity contribution in [3.8, 4) is 0 Å². The van der Waals surface area contributed by atoms with Crippen LogP contribution in [-0.2, 0) is 21.5 Å². The van der Waals surface area contributed by atoms with Crippen molar-refractivity contribution >= 4 is 29.2 Å². The molecule has 0 spiro atoms. The van der Waals surface area contributed by atoms with Gasteiger partial charge in [0.15, 0.2) is 5.54 Å². The summed E-state index contributed by atoms with van der Waals surface area (Å²) in [6, 6.07) is 9.15. The number of pyridine rings is 1. The van der Waals surface area contributed by atoms with Gasteiger partial charge in [0.2, 0.25) is 5.91 Å². The standard InChI is InChI=1S/C25H30N4O3S/c30-22(18-6-1-2-7-18)28-14-10-19(11-15-28)25(21-9-3-4-13-26-21)23(31)29(24(32)27-25)16-12-20-8-5-17-33-20/h3-5,8-9,13,17-19H,1-2,6-7,10-12,14-16H2,(H,27,32). The Morgan fingerprint density at radius 3 is 2.55 bits per heavy atom. The zero-order valence-electron chi connectivity index (χ0n) is 18.7. The number of hydrogen-bond acceptors (Lipinski definition) is 5. The van der Waals surface area contributed by atoms with Crippen LogP contribution in [0.2, 0.25) is 0 Å². The number of thiophene rings is 1. The lowest BCUT2D eigenvalue weighted by atomic mass is 9.75. The molecule has 2 aromatic rings. The van der Waals surface area contributed by atoms with Gasteiger partial charge >= 0.3 is 6.03 Å². The predicted molar refractivity (Wildman–Crippen MR) is 125 cm³/mol. The number of nitrogens with one attached hydrogen (secondary N) is 1. The van der Waals surface area contributed by atoms with E-state index in [0.717, 1.165) is 30.6 Å². The maximum atomic E-state index is 13.8. The molecule has 4 heterocycles. The van der Waals surface area contributed by atoms with E-state index in [1.807, 2.05) is 40.6 Å². The molecule has 8 heteroatoms. The summed E-state index contributed by atoms with van der Waals surface area (Å²) in [4.78, 5) is 48.8. The number of carbonyl (C=O) groups is 3. The highest BCUT2D eigenvalue weighted by molar-refractivity contribution is 7.09. The van der Waals surface area contributed by atoms with E-state index in [9.17, 15) is 14.4 Å². The smallest absolute Gasteiger partial charge is 0.325 e. The Labute approximate surface area is 198 Å². The Morgan fingerprint density at radius 1 is 1.09 bits per heavy atom. The molecule has 3 aliphatic rings. The highest BCUT2D eigenvalue weighted by Crippen LogP contribution is 2.41. The van der Waals surface area contributed by atoms with E-state index in [2.05, 4.69) is 10.3 Å². The fourth-order valence-electron chi connectivity index (χ4n) is 5.69. The van der Waals surface area contributed by atoms with Crippen molar-refractivity contribution in [1.82, 2.24) is 20.1 Å². The first-order valence-electron chi connectivity index (χ1n) is 12.0. The molecule has 3 fully saturated rings. The van der Waals surface area contributed by atoms with Crippen LogP contribution in [-0.4, -0.2) is 52.3 Å². The van der Waals surface area contributed by atoms with Gasteiger partial charge in [0.25, 0.3) is 5.91 Å². The van der Waals surface area contributed by atoms with Crippen LogP contribution in [0.25, 0.3) is 0 Å². The van der Waals surface area contributed by atoms with E-state index in [1.165, 1.54) is 4.90 Å². The molecule has 1 unspecified atom stereocenters. The lowest BCUT2D eigenvalue weighted by molar-refractivity contribution is -0.138. The van der Waals surface area contributed by atoms with Gasteiger partial charge < -0.3 is 10.2 Å². The molecule has 5 rings (SSSR count). The number of aromatic nitrogens is 1. The number of piperidine rings is 1. The maximum absolute atomic E-state index is 13.8. The number of carbonyl (C=O) groups excluding carboxylic acids is 3. The van der Waals surface area contributed by atoms with Crippen molar-refractivity contribution in [2.75, 3.05) is 19.6 Å². The van der Waals surface area contributed by atoms with Crippen molar-refractivity contribution in [3.63, 3.8) is 0 Å². The zero-order valence-corrected chi connectivity index (χ0v) is 19.6. The average Bonchev–Trinajstić information content (AvgIpc) is 3.61. The monoisotopic (exact) mass is 466 g/mol. The fraction of sp³-hybridized carbons (Fsp3) is 0.520. The molecule has 7 nitrogen and oxygen atoms in total. The van der Waals surface area contributed by atoms with Crippen LogP contribution in [0.5, 0.6) is 0 Å². The zero-order chi connectivity index (χ0) is 22.8. The van der Waals surface area contributed by atoms with Crippen molar-refractivity contribution in [2.24, 2.45) is 11.8 Å². The third-order valence-electron chi connectivity index (χ3n) is 7.49. The van der Waals surface area contributed by atoms with Crippen LogP contribution in [0.15, 0.2) is 41.9 Å². The molecule has 0 aromatic carbocycles. The highest BCUT2D eigenvalue weighted by atomic mass is 32.1. The van der Waals surface area contributed by atoms with E-state index < -0.39 is 5.54 Å². The normalized spacial score (nSPS) is 24.5. The number of rotatable bonds is 6. The minimum atomic E-state index is -1.17. The van der Waals surface area contributed by atoms with Crippen LogP contribution < -0.4 is 5.32 Å². The Bertz CT molecular complexity index is 998. The van der Waals surface area contributed by atoms with Crippen LogP contribution >= 0.6 is 11.3 Å². The minimum absolute atomic E-state index is 0.108. The third-order valence-corrected chi connectivity index (χ3v) is 8.42. The molecule has 2 aromatic heterocycles. The quantitative estimate of drug-likeness (QED) is 0.660. The number of likely N-dealkylation sites (tertiary alicyclic amines) is 1. The molecule has 0 bridgehead atoms. The van der Waals surface area contributed by atoms with Crippen LogP contribution in [0.4, 0.5) is 4.79 Å². The molecular formula is C25H30N4O3S. The molecule has 1 aliphatic carbocycles. The molecule has 1 atom stereocenters. The summed E-state index contributed by atoms with van der Waals surface area (Å²) in [6.45, 7) is 1.58. The van der Waals surface area contributed by atoms with Gasteiger partial charge in [-0.15, -0.1) is 11.3 Å². The summed E-state index contributed by atoms with van der Waals surface area (Å²) in [7, 11) is 0. The molecular weight excluding hydrogens is 436 g/mol. The Kier molecular flexibility index (Phi) is 6.19. The number of urea groups is 1. The molecule has 2 aliphatic heterocycles. The van der Waals surface area contributed by atoms with Gasteiger partial charge in [0, 0.05) is 42.5 Å². The molecule has 2 saturated heterocycles. The van der Waals surface area contributed by atoms with Gasteiger partial charge in [0.1, 0.15) is 0 Å². The maximum Gasteiger partial charge on any atom is 0.325 e. The lowest BCUT2D eigenvalue weighted by Gasteiger charge is -2.41. The average molecular weight is 467 g/mol. The Balaban J connectivity index is 1.36. The Hall–Kier alpha value is -2.74. The van der Waals surface area contributed by atoms with Gasteiger partial charge in [-0.3, -0.25) is 19.5 Å². The SMILES string of the molecule is O=C(C1CCCC1)N1CCC(C2(c3ccccn3)NC(=O)N(CCc3cccs3)C2=O)CC1. The van der Waals surface area contributed by atoms with Crippen molar-refractivity contribution in [2.45, 2.75) is 50.5 Å². The summed E-state index contributed by atoms with van der Waals surface area (Å²) in [6.07, 6.45) is 7.90. The van der Waals surface area contributed by atoms with E-state index in [0.29, 0.717) is 44.6 Å². The summed E-state index contributed by atoms with van der Waals surface area (Å²) in [5.74, 6) is 0.0931. The molecule has 1 saturated carbocycles. The van der Waals surface area contributed by atoms with Crippen molar-refractivity contribution in [1.29, 1.82) is 0 Å². The first-order valence-corrected chi connectivity index (χ1v) is 12.8. The highest BCUT2D eigenvalue weighted by Gasteiger charge is 2.58. The molecule has 4 amide bonds. The minimum Gasteiger partial charge on any atom is -0.342 e. The van der Waals surface area contributed by atoms with Crippen LogP contribution in [0.1, 0.15) is 49.1 Å². The van der Waals surface area contributed by atoms with Crippen molar-refractivity contribution < 1.29 is 14.4 Å². The van der Waals surface area contributed by atoms with E-state index >= 15 is 0 Å². The summed E-state index contributed by atoms with van der Waals surface area (Å²) < 4.78 is 0. The summed E-state index contributed by atoms with van der Waals surface area (Å²) in [5, 5.41) is 5.06. The van der Waals surface area contributed by atoms with E-state index in [4.69, 9.17) is 0 Å². The number of hydrogen-bond donors (Lipinski definition) is 1. The van der Waals surface area contributed by atoms with Gasteiger partial charge in [-0.25, -0.2) is 4.79 Å². The lowest BCUT2D eigenvalue weighted by Crippen LogP contribution is -2.55. The first kappa shape index (κ1) is 22.1. The molecule has 1 N–H and O–H groups in total. The van der Waals surface area contributed by atoms with Crippen molar-refractivity contribution in [3.05, 3.63) is 52.5 Å². The first-order chi connectivity index (χ1) is 16.1. The van der Waals surface area contributed by atoms with Gasteiger partial charge in [0.05, 0.1) is 5.69 Å². The second-order valence-electron chi connectivity index (χ2n) is 9.32. The molecule has 0 radical (unpaired) electrons. The number of nitrogens with zero attached hydrogens (tertiary/aromatic N) is 3.